The summed E-state index contributed by atoms with van der Waals surface area (Å²) in [4.78, 5) is 4.35. The molecule has 0 fully saturated rings. The van der Waals surface area contributed by atoms with Crippen LogP contribution in [0.3, 0.4) is 0 Å². The van der Waals surface area contributed by atoms with Gasteiger partial charge in [-0.1, -0.05) is 0 Å². The molecule has 1 aromatic heterocycles. The molecule has 2 rings (SSSR count). The van der Waals surface area contributed by atoms with Crippen LogP contribution in [0.25, 0.3) is 10.9 Å². The fourth-order valence-electron chi connectivity index (χ4n) is 1.57. The Bertz CT molecular complexity index is 494. The number of fused-ring (bicyclic) bond motifs is 1. The van der Waals surface area contributed by atoms with Gasteiger partial charge in [0, 0.05) is 11.5 Å². The van der Waals surface area contributed by atoms with Gasteiger partial charge >= 0.3 is 0 Å². The molecule has 0 amide bonds. The fraction of sp³-hybridized carbons (Fsp3) is 0.250. The number of pyridine rings is 1. The van der Waals surface area contributed by atoms with E-state index in [-0.39, 0.29) is 0 Å². The molecule has 0 N–H and O–H groups in total. The topological polar surface area (TPSA) is 31.4 Å². The Hall–Kier alpha value is -1.77. The summed E-state index contributed by atoms with van der Waals surface area (Å²) in [6, 6.07) is 7.73. The van der Waals surface area contributed by atoms with Crippen molar-refractivity contribution in [1.29, 1.82) is 0 Å². The number of ether oxygens (including phenoxy) is 2. The molecule has 1 aromatic carbocycles. The third kappa shape index (κ3) is 1.73. The van der Waals surface area contributed by atoms with Crippen molar-refractivity contribution < 1.29 is 9.47 Å². The van der Waals surface area contributed by atoms with Crippen molar-refractivity contribution in [3.05, 3.63) is 29.8 Å². The van der Waals surface area contributed by atoms with Gasteiger partial charge in [0.15, 0.2) is 0 Å². The second kappa shape index (κ2) is 3.77. The summed E-state index contributed by atoms with van der Waals surface area (Å²) in [6.45, 7) is 2.03. The van der Waals surface area contributed by atoms with E-state index in [1.165, 1.54) is 0 Å². The van der Waals surface area contributed by atoms with E-state index in [1.807, 2.05) is 31.2 Å². The zero-order chi connectivity index (χ0) is 10.8. The highest BCUT2D eigenvalue weighted by Gasteiger charge is 2.03. The standard InChI is InChI=1S/C12H13NO2/c1-8-6-12(15-3)13-11-5-4-9(14-2)7-10(8)11/h4-7H,1-3H3. The number of hydrogen-bond acceptors (Lipinski definition) is 3. The second-order valence-electron chi connectivity index (χ2n) is 3.36. The van der Waals surface area contributed by atoms with E-state index in [1.54, 1.807) is 14.2 Å². The predicted octanol–water partition coefficient (Wildman–Crippen LogP) is 2.56. The third-order valence-corrected chi connectivity index (χ3v) is 2.41. The SMILES string of the molecule is COc1ccc2nc(OC)cc(C)c2c1. The maximum Gasteiger partial charge on any atom is 0.213 e. The molecule has 3 heteroatoms. The molecular weight excluding hydrogens is 190 g/mol. The van der Waals surface area contributed by atoms with Gasteiger partial charge in [0.05, 0.1) is 19.7 Å². The zero-order valence-corrected chi connectivity index (χ0v) is 9.07. The van der Waals surface area contributed by atoms with Crippen LogP contribution in [0.15, 0.2) is 24.3 Å². The number of nitrogens with zero attached hydrogens (tertiary/aromatic N) is 1. The quantitative estimate of drug-likeness (QED) is 0.751. The predicted molar refractivity (Wildman–Crippen MR) is 59.6 cm³/mol. The molecule has 0 saturated carbocycles. The number of benzene rings is 1. The van der Waals surface area contributed by atoms with Crippen molar-refractivity contribution in [2.24, 2.45) is 0 Å². The molecule has 0 saturated heterocycles. The van der Waals surface area contributed by atoms with Gasteiger partial charge < -0.3 is 9.47 Å². The Labute approximate surface area is 88.7 Å². The lowest BCUT2D eigenvalue weighted by Gasteiger charge is -2.06. The minimum atomic E-state index is 0.644. The van der Waals surface area contributed by atoms with E-state index < -0.39 is 0 Å². The van der Waals surface area contributed by atoms with Crippen LogP contribution in [0, 0.1) is 6.92 Å². The van der Waals surface area contributed by atoms with Crippen LogP contribution in [0.4, 0.5) is 0 Å². The van der Waals surface area contributed by atoms with E-state index in [2.05, 4.69) is 4.98 Å². The summed E-state index contributed by atoms with van der Waals surface area (Å²) >= 11 is 0. The molecule has 15 heavy (non-hydrogen) atoms. The van der Waals surface area contributed by atoms with Crippen LogP contribution in [0.1, 0.15) is 5.56 Å². The van der Waals surface area contributed by atoms with Crippen molar-refractivity contribution in [2.45, 2.75) is 6.92 Å². The van der Waals surface area contributed by atoms with Gasteiger partial charge in [-0.3, -0.25) is 0 Å². The zero-order valence-electron chi connectivity index (χ0n) is 9.07. The highest BCUT2D eigenvalue weighted by molar-refractivity contribution is 5.84. The first-order chi connectivity index (χ1) is 7.24. The summed E-state index contributed by atoms with van der Waals surface area (Å²) in [7, 11) is 3.28. The van der Waals surface area contributed by atoms with Crippen LogP contribution < -0.4 is 9.47 Å². The first kappa shape index (κ1) is 9.77. The Morgan fingerprint density at radius 2 is 1.87 bits per heavy atom. The van der Waals surface area contributed by atoms with Crippen LogP contribution in [-0.4, -0.2) is 19.2 Å². The fourth-order valence-corrected chi connectivity index (χ4v) is 1.57. The second-order valence-corrected chi connectivity index (χ2v) is 3.36. The Morgan fingerprint density at radius 3 is 2.53 bits per heavy atom. The Balaban J connectivity index is 2.68. The van der Waals surface area contributed by atoms with E-state index in [9.17, 15) is 0 Å². The van der Waals surface area contributed by atoms with Crippen molar-refractivity contribution >= 4 is 10.9 Å². The van der Waals surface area contributed by atoms with Gasteiger partial charge in [-0.25, -0.2) is 4.98 Å². The van der Waals surface area contributed by atoms with Crippen LogP contribution >= 0.6 is 0 Å². The van der Waals surface area contributed by atoms with Crippen LogP contribution in [0.2, 0.25) is 0 Å². The molecule has 0 atom stereocenters. The van der Waals surface area contributed by atoms with Crippen molar-refractivity contribution in [2.75, 3.05) is 14.2 Å². The molecule has 3 nitrogen and oxygen atoms in total. The lowest BCUT2D eigenvalue weighted by Crippen LogP contribution is -1.91. The van der Waals surface area contributed by atoms with Gasteiger partial charge in [-0.15, -0.1) is 0 Å². The molecular formula is C12H13NO2. The smallest absolute Gasteiger partial charge is 0.213 e. The molecule has 0 aliphatic rings. The average Bonchev–Trinajstić information content (AvgIpc) is 2.28. The highest BCUT2D eigenvalue weighted by Crippen LogP contribution is 2.25. The molecule has 0 aliphatic heterocycles. The first-order valence-corrected chi connectivity index (χ1v) is 4.74. The number of rotatable bonds is 2. The maximum atomic E-state index is 5.17. The number of aryl methyl sites for hydroxylation is 1. The minimum absolute atomic E-state index is 0.644. The lowest BCUT2D eigenvalue weighted by atomic mass is 10.1. The first-order valence-electron chi connectivity index (χ1n) is 4.74. The molecule has 2 aromatic rings. The van der Waals surface area contributed by atoms with E-state index in [0.717, 1.165) is 22.2 Å². The molecule has 78 valence electrons. The van der Waals surface area contributed by atoms with Crippen molar-refractivity contribution in [3.63, 3.8) is 0 Å². The van der Waals surface area contributed by atoms with Gasteiger partial charge in [0.2, 0.25) is 5.88 Å². The number of hydrogen-bond donors (Lipinski definition) is 0. The molecule has 0 unspecified atom stereocenters. The van der Waals surface area contributed by atoms with Crippen LogP contribution in [-0.2, 0) is 0 Å². The summed E-state index contributed by atoms with van der Waals surface area (Å²) in [6.07, 6.45) is 0. The molecule has 0 radical (unpaired) electrons. The van der Waals surface area contributed by atoms with Crippen LogP contribution in [0.5, 0.6) is 11.6 Å². The molecule has 0 bridgehead atoms. The molecule has 0 spiro atoms. The summed E-state index contributed by atoms with van der Waals surface area (Å²) in [5, 5.41) is 1.09. The molecule has 0 aliphatic carbocycles. The maximum absolute atomic E-state index is 5.17. The largest absolute Gasteiger partial charge is 0.497 e. The van der Waals surface area contributed by atoms with Gasteiger partial charge in [-0.2, -0.15) is 0 Å². The number of aromatic nitrogens is 1. The van der Waals surface area contributed by atoms with Crippen molar-refractivity contribution in [1.82, 2.24) is 4.98 Å². The van der Waals surface area contributed by atoms with E-state index in [0.29, 0.717) is 5.88 Å². The van der Waals surface area contributed by atoms with Gasteiger partial charge in [-0.05, 0) is 30.7 Å². The lowest BCUT2D eigenvalue weighted by molar-refractivity contribution is 0.399. The van der Waals surface area contributed by atoms with Gasteiger partial charge in [0.25, 0.3) is 0 Å². The van der Waals surface area contributed by atoms with E-state index >= 15 is 0 Å². The minimum Gasteiger partial charge on any atom is -0.497 e. The normalized spacial score (nSPS) is 10.3. The average molecular weight is 203 g/mol. The van der Waals surface area contributed by atoms with E-state index in [4.69, 9.17) is 9.47 Å². The summed E-state index contributed by atoms with van der Waals surface area (Å²) in [5.41, 5.74) is 2.06. The number of methoxy groups -OCH3 is 2. The third-order valence-electron chi connectivity index (χ3n) is 2.41. The van der Waals surface area contributed by atoms with Gasteiger partial charge in [0.1, 0.15) is 5.75 Å². The Morgan fingerprint density at radius 1 is 1.07 bits per heavy atom. The summed E-state index contributed by atoms with van der Waals surface area (Å²) in [5.74, 6) is 1.49. The van der Waals surface area contributed by atoms with Crippen molar-refractivity contribution in [3.8, 4) is 11.6 Å². The molecule has 1 heterocycles. The summed E-state index contributed by atoms with van der Waals surface area (Å²) < 4.78 is 10.3. The Kier molecular flexibility index (Phi) is 2.46. The highest BCUT2D eigenvalue weighted by atomic mass is 16.5. The monoisotopic (exact) mass is 203 g/mol.